The Morgan fingerprint density at radius 1 is 1.31 bits per heavy atom. The number of hydrogen-bond acceptors (Lipinski definition) is 6. The van der Waals surface area contributed by atoms with Crippen molar-refractivity contribution < 1.29 is 4.74 Å². The topological polar surface area (TPSA) is 68.4 Å². The average Bonchev–Trinajstić information content (AvgIpc) is 3.06. The molecular formula is C18H28N6O2. The minimum absolute atomic E-state index is 0.0305. The van der Waals surface area contributed by atoms with E-state index in [0.29, 0.717) is 25.0 Å². The summed E-state index contributed by atoms with van der Waals surface area (Å²) in [5.41, 5.74) is -0.0957. The lowest BCUT2D eigenvalue weighted by Gasteiger charge is -2.34. The Labute approximate surface area is 154 Å². The van der Waals surface area contributed by atoms with Crippen LogP contribution in [0.4, 0.5) is 5.82 Å². The molecule has 2 aromatic rings. The van der Waals surface area contributed by atoms with Gasteiger partial charge in [-0.15, -0.1) is 0 Å². The smallest absolute Gasteiger partial charge is 0.293 e. The summed E-state index contributed by atoms with van der Waals surface area (Å²) in [6.45, 7) is 8.13. The first-order valence-corrected chi connectivity index (χ1v) is 9.04. The highest BCUT2D eigenvalue weighted by molar-refractivity contribution is 5.34. The molecule has 1 fully saturated rings. The zero-order valence-corrected chi connectivity index (χ0v) is 16.0. The molecule has 1 atom stereocenters. The number of rotatable bonds is 6. The van der Waals surface area contributed by atoms with Gasteiger partial charge in [0.25, 0.3) is 5.56 Å². The summed E-state index contributed by atoms with van der Waals surface area (Å²) in [6.07, 6.45) is 7.23. The minimum atomic E-state index is -0.0957. The molecule has 0 bridgehead atoms. The summed E-state index contributed by atoms with van der Waals surface area (Å²) < 4.78 is 9.66. The van der Waals surface area contributed by atoms with Gasteiger partial charge in [-0.05, 0) is 13.8 Å². The molecule has 3 heterocycles. The molecule has 3 rings (SSSR count). The van der Waals surface area contributed by atoms with Crippen LogP contribution in [-0.4, -0.2) is 63.4 Å². The Kier molecular flexibility index (Phi) is 5.73. The molecule has 0 unspecified atom stereocenters. The molecule has 26 heavy (non-hydrogen) atoms. The maximum absolute atomic E-state index is 12.2. The Morgan fingerprint density at radius 2 is 2.08 bits per heavy atom. The number of imidazole rings is 1. The third-order valence-electron chi connectivity index (χ3n) is 4.73. The van der Waals surface area contributed by atoms with E-state index >= 15 is 0 Å². The van der Waals surface area contributed by atoms with Gasteiger partial charge in [0.05, 0.1) is 19.3 Å². The zero-order valence-electron chi connectivity index (χ0n) is 16.0. The van der Waals surface area contributed by atoms with E-state index in [-0.39, 0.29) is 11.7 Å². The highest BCUT2D eigenvalue weighted by Crippen LogP contribution is 2.14. The molecule has 0 spiro atoms. The fourth-order valence-corrected chi connectivity index (χ4v) is 3.31. The number of hydrogen-bond donors (Lipinski definition) is 0. The molecule has 0 N–H and O–H groups in total. The highest BCUT2D eigenvalue weighted by Gasteiger charge is 2.24. The van der Waals surface area contributed by atoms with Crippen molar-refractivity contribution in [2.75, 3.05) is 38.2 Å². The van der Waals surface area contributed by atoms with Crippen LogP contribution in [0.15, 0.2) is 29.6 Å². The molecule has 0 saturated carbocycles. The predicted molar refractivity (Wildman–Crippen MR) is 100 cm³/mol. The normalized spacial score (nSPS) is 18.4. The molecular weight excluding hydrogens is 332 g/mol. The summed E-state index contributed by atoms with van der Waals surface area (Å²) >= 11 is 0. The molecule has 1 aliphatic rings. The fourth-order valence-electron chi connectivity index (χ4n) is 3.31. The molecule has 8 heteroatoms. The summed E-state index contributed by atoms with van der Waals surface area (Å²) in [7, 11) is 3.62. The summed E-state index contributed by atoms with van der Waals surface area (Å²) in [4.78, 5) is 25.2. The lowest BCUT2D eigenvalue weighted by Crippen LogP contribution is -2.47. The lowest BCUT2D eigenvalue weighted by molar-refractivity contribution is -0.0276. The van der Waals surface area contributed by atoms with Crippen LogP contribution >= 0.6 is 0 Å². The molecule has 2 aromatic heterocycles. The van der Waals surface area contributed by atoms with Gasteiger partial charge in [-0.25, -0.2) is 9.97 Å². The van der Waals surface area contributed by atoms with Gasteiger partial charge in [-0.2, -0.15) is 0 Å². The quantitative estimate of drug-likeness (QED) is 0.762. The van der Waals surface area contributed by atoms with Crippen molar-refractivity contribution in [1.29, 1.82) is 0 Å². The van der Waals surface area contributed by atoms with Crippen molar-refractivity contribution in [2.24, 2.45) is 7.05 Å². The van der Waals surface area contributed by atoms with E-state index < -0.39 is 0 Å². The lowest BCUT2D eigenvalue weighted by atomic mass is 10.2. The van der Waals surface area contributed by atoms with Crippen molar-refractivity contribution in [1.82, 2.24) is 24.0 Å². The van der Waals surface area contributed by atoms with Crippen LogP contribution in [0.25, 0.3) is 0 Å². The van der Waals surface area contributed by atoms with Crippen molar-refractivity contribution in [3.8, 4) is 0 Å². The van der Waals surface area contributed by atoms with Gasteiger partial charge < -0.3 is 18.8 Å². The second-order valence-electron chi connectivity index (χ2n) is 7.12. The third-order valence-corrected chi connectivity index (χ3v) is 4.73. The standard InChI is InChI=1S/C18H28N6O2/c1-14(2)24-8-6-19-16(24)13-23-9-10-26-15(12-23)11-22(4)17-18(25)21(3)7-5-20-17/h5-8,14-15H,9-13H2,1-4H3/t15-/m1/s1. The van der Waals surface area contributed by atoms with Gasteiger partial charge >= 0.3 is 0 Å². The highest BCUT2D eigenvalue weighted by atomic mass is 16.5. The second-order valence-corrected chi connectivity index (χ2v) is 7.12. The van der Waals surface area contributed by atoms with E-state index in [4.69, 9.17) is 4.74 Å². The van der Waals surface area contributed by atoms with Crippen LogP contribution in [0, 0.1) is 0 Å². The first kappa shape index (κ1) is 18.6. The Bertz CT molecular complexity index is 784. The molecule has 0 amide bonds. The van der Waals surface area contributed by atoms with E-state index in [1.54, 1.807) is 24.0 Å². The maximum atomic E-state index is 12.2. The predicted octanol–water partition coefficient (Wildman–Crippen LogP) is 0.895. The summed E-state index contributed by atoms with van der Waals surface area (Å²) in [6, 6.07) is 0.399. The van der Waals surface area contributed by atoms with Crippen LogP contribution in [0.1, 0.15) is 25.7 Å². The monoisotopic (exact) mass is 360 g/mol. The van der Waals surface area contributed by atoms with Crippen LogP contribution in [0.3, 0.4) is 0 Å². The van der Waals surface area contributed by atoms with Crippen molar-refractivity contribution in [3.05, 3.63) is 41.0 Å². The van der Waals surface area contributed by atoms with E-state index in [2.05, 4.69) is 33.3 Å². The van der Waals surface area contributed by atoms with Crippen molar-refractivity contribution in [2.45, 2.75) is 32.5 Å². The molecule has 0 aromatic carbocycles. The Morgan fingerprint density at radius 3 is 2.85 bits per heavy atom. The van der Waals surface area contributed by atoms with Gasteiger partial charge in [-0.3, -0.25) is 9.69 Å². The van der Waals surface area contributed by atoms with Crippen LogP contribution in [-0.2, 0) is 18.3 Å². The first-order valence-electron chi connectivity index (χ1n) is 9.04. The largest absolute Gasteiger partial charge is 0.374 e. The van der Waals surface area contributed by atoms with E-state index in [1.807, 2.05) is 24.3 Å². The van der Waals surface area contributed by atoms with Gasteiger partial charge in [0.2, 0.25) is 0 Å². The van der Waals surface area contributed by atoms with Gasteiger partial charge in [0.15, 0.2) is 5.82 Å². The SMILES string of the molecule is CC(C)n1ccnc1CN1CCO[C@H](CN(C)c2nccn(C)c2=O)C1. The third kappa shape index (κ3) is 4.13. The molecule has 0 radical (unpaired) electrons. The summed E-state index contributed by atoms with van der Waals surface area (Å²) in [5, 5.41) is 0. The van der Waals surface area contributed by atoms with E-state index in [9.17, 15) is 4.79 Å². The van der Waals surface area contributed by atoms with Crippen molar-refractivity contribution in [3.63, 3.8) is 0 Å². The number of anilines is 1. The van der Waals surface area contributed by atoms with Gasteiger partial charge in [0, 0.05) is 64.6 Å². The number of morpholine rings is 1. The molecule has 1 saturated heterocycles. The van der Waals surface area contributed by atoms with Crippen LogP contribution < -0.4 is 10.5 Å². The molecule has 0 aliphatic carbocycles. The molecule has 1 aliphatic heterocycles. The Balaban J connectivity index is 1.62. The molecule has 8 nitrogen and oxygen atoms in total. The van der Waals surface area contributed by atoms with E-state index in [0.717, 1.165) is 25.5 Å². The Hall–Kier alpha value is -2.19. The number of ether oxygens (including phenoxy) is 1. The second kappa shape index (κ2) is 8.01. The van der Waals surface area contributed by atoms with Gasteiger partial charge in [-0.1, -0.05) is 0 Å². The molecule has 142 valence electrons. The zero-order chi connectivity index (χ0) is 18.7. The fraction of sp³-hybridized carbons (Fsp3) is 0.611. The minimum Gasteiger partial charge on any atom is -0.374 e. The van der Waals surface area contributed by atoms with E-state index in [1.165, 1.54) is 0 Å². The van der Waals surface area contributed by atoms with Crippen LogP contribution in [0.2, 0.25) is 0 Å². The first-order chi connectivity index (χ1) is 12.5. The number of aromatic nitrogens is 4. The maximum Gasteiger partial charge on any atom is 0.293 e. The number of aryl methyl sites for hydroxylation is 1. The number of likely N-dealkylation sites (N-methyl/N-ethyl adjacent to an activating group) is 1. The number of nitrogens with zero attached hydrogens (tertiary/aromatic N) is 6. The average molecular weight is 360 g/mol. The summed E-state index contributed by atoms with van der Waals surface area (Å²) in [5.74, 6) is 1.53. The van der Waals surface area contributed by atoms with Gasteiger partial charge in [0.1, 0.15) is 5.82 Å². The van der Waals surface area contributed by atoms with Crippen molar-refractivity contribution >= 4 is 5.82 Å². The van der Waals surface area contributed by atoms with Crippen LogP contribution in [0.5, 0.6) is 0 Å².